The molecule has 0 saturated carbocycles. The number of rotatable bonds is 5. The van der Waals surface area contributed by atoms with Crippen LogP contribution < -0.4 is 20.3 Å². The lowest BCUT2D eigenvalue weighted by Gasteiger charge is -2.29. The summed E-state index contributed by atoms with van der Waals surface area (Å²) in [6, 6.07) is 7.69. The van der Waals surface area contributed by atoms with Gasteiger partial charge in [-0.05, 0) is 37.1 Å². The Balaban J connectivity index is 1.71. The molecule has 3 heterocycles. The van der Waals surface area contributed by atoms with Crippen molar-refractivity contribution in [1.82, 2.24) is 4.57 Å². The summed E-state index contributed by atoms with van der Waals surface area (Å²) in [5.41, 5.74) is 3.78. The number of pyridine rings is 1. The predicted octanol–water partition coefficient (Wildman–Crippen LogP) is 2.48. The van der Waals surface area contributed by atoms with Crippen LogP contribution in [0.4, 0.5) is 5.69 Å². The summed E-state index contributed by atoms with van der Waals surface area (Å²) >= 11 is 0. The smallest absolute Gasteiger partial charge is 0.253 e. The van der Waals surface area contributed by atoms with Crippen molar-refractivity contribution in [2.75, 3.05) is 45.9 Å². The molecule has 28 heavy (non-hydrogen) atoms. The van der Waals surface area contributed by atoms with Crippen molar-refractivity contribution in [3.63, 3.8) is 0 Å². The van der Waals surface area contributed by atoms with Crippen LogP contribution in [-0.4, -0.2) is 51.3 Å². The van der Waals surface area contributed by atoms with Gasteiger partial charge >= 0.3 is 0 Å². The van der Waals surface area contributed by atoms with Crippen LogP contribution in [0.3, 0.4) is 0 Å². The van der Waals surface area contributed by atoms with Gasteiger partial charge in [0.1, 0.15) is 0 Å². The molecule has 2 atom stereocenters. The molecule has 0 aliphatic carbocycles. The van der Waals surface area contributed by atoms with E-state index in [-0.39, 0.29) is 17.7 Å². The second kappa shape index (κ2) is 7.85. The molecule has 2 aliphatic rings. The van der Waals surface area contributed by atoms with Crippen molar-refractivity contribution in [2.24, 2.45) is 0 Å². The lowest BCUT2D eigenvalue weighted by Crippen LogP contribution is -2.35. The standard InChI is InChI=1S/C21H26N2O5/c1-13-6-14-7-19(25-2)20(26-3)10-17(14)18-8-15(9-21(24)23(13)18)22-11-16-12-27-4-5-28-16/h7-10,13,16,22H,4-6,11-12H2,1-3H3. The van der Waals surface area contributed by atoms with E-state index >= 15 is 0 Å². The molecule has 0 amide bonds. The summed E-state index contributed by atoms with van der Waals surface area (Å²) < 4.78 is 23.9. The van der Waals surface area contributed by atoms with Crippen LogP contribution >= 0.6 is 0 Å². The Labute approximate surface area is 164 Å². The second-order valence-corrected chi connectivity index (χ2v) is 7.20. The maximum absolute atomic E-state index is 12.8. The number of hydrogen-bond acceptors (Lipinski definition) is 6. The Morgan fingerprint density at radius 3 is 2.64 bits per heavy atom. The maximum atomic E-state index is 12.8. The number of ether oxygens (including phenoxy) is 4. The Kier molecular flexibility index (Phi) is 5.28. The molecule has 0 bridgehead atoms. The first-order valence-corrected chi connectivity index (χ1v) is 9.55. The maximum Gasteiger partial charge on any atom is 0.253 e. The van der Waals surface area contributed by atoms with Crippen LogP contribution in [0.25, 0.3) is 11.3 Å². The lowest BCUT2D eigenvalue weighted by atomic mass is 9.92. The van der Waals surface area contributed by atoms with Crippen molar-refractivity contribution in [1.29, 1.82) is 0 Å². The first kappa shape index (κ1) is 18.8. The number of benzene rings is 1. The largest absolute Gasteiger partial charge is 0.493 e. The third-order valence-corrected chi connectivity index (χ3v) is 5.33. The molecule has 7 nitrogen and oxygen atoms in total. The highest BCUT2D eigenvalue weighted by atomic mass is 16.6. The molecule has 0 spiro atoms. The third-order valence-electron chi connectivity index (χ3n) is 5.33. The molecule has 2 aromatic rings. The summed E-state index contributed by atoms with van der Waals surface area (Å²) in [5.74, 6) is 1.36. The zero-order valence-corrected chi connectivity index (χ0v) is 16.5. The van der Waals surface area contributed by atoms with Gasteiger partial charge in [-0.2, -0.15) is 0 Å². The zero-order chi connectivity index (χ0) is 19.7. The van der Waals surface area contributed by atoms with Gasteiger partial charge in [0.05, 0.1) is 45.8 Å². The van der Waals surface area contributed by atoms with E-state index < -0.39 is 0 Å². The highest BCUT2D eigenvalue weighted by Gasteiger charge is 2.25. The number of fused-ring (bicyclic) bond motifs is 3. The highest BCUT2D eigenvalue weighted by molar-refractivity contribution is 5.73. The predicted molar refractivity (Wildman–Crippen MR) is 107 cm³/mol. The van der Waals surface area contributed by atoms with Gasteiger partial charge in [0.25, 0.3) is 5.56 Å². The monoisotopic (exact) mass is 386 g/mol. The molecule has 2 aliphatic heterocycles. The average Bonchev–Trinajstić information content (AvgIpc) is 2.71. The van der Waals surface area contributed by atoms with Crippen LogP contribution in [0.2, 0.25) is 0 Å². The molecule has 2 unspecified atom stereocenters. The molecular formula is C21H26N2O5. The summed E-state index contributed by atoms with van der Waals surface area (Å²) in [6.07, 6.45) is 0.755. The minimum absolute atomic E-state index is 0.0110. The van der Waals surface area contributed by atoms with Crippen LogP contribution in [0.5, 0.6) is 11.5 Å². The number of methoxy groups -OCH3 is 2. The van der Waals surface area contributed by atoms with Gasteiger partial charge in [-0.15, -0.1) is 0 Å². The van der Waals surface area contributed by atoms with Crippen molar-refractivity contribution in [3.05, 3.63) is 40.2 Å². The summed E-state index contributed by atoms with van der Waals surface area (Å²) in [4.78, 5) is 12.8. The third kappa shape index (κ3) is 3.47. The van der Waals surface area contributed by atoms with Gasteiger partial charge < -0.3 is 28.8 Å². The zero-order valence-electron chi connectivity index (χ0n) is 16.5. The molecular weight excluding hydrogens is 360 g/mol. The Morgan fingerprint density at radius 2 is 1.93 bits per heavy atom. The molecule has 0 radical (unpaired) electrons. The Hall–Kier alpha value is -2.51. The highest BCUT2D eigenvalue weighted by Crippen LogP contribution is 2.40. The van der Waals surface area contributed by atoms with Gasteiger partial charge in [-0.25, -0.2) is 0 Å². The summed E-state index contributed by atoms with van der Waals surface area (Å²) in [5, 5.41) is 3.33. The average molecular weight is 386 g/mol. The van der Waals surface area contributed by atoms with E-state index in [4.69, 9.17) is 18.9 Å². The summed E-state index contributed by atoms with van der Waals surface area (Å²) in [6.45, 7) is 4.46. The van der Waals surface area contributed by atoms with Gasteiger partial charge in [0, 0.05) is 29.9 Å². The van der Waals surface area contributed by atoms with Crippen molar-refractivity contribution in [2.45, 2.75) is 25.5 Å². The lowest BCUT2D eigenvalue weighted by molar-refractivity contribution is -0.0818. The van der Waals surface area contributed by atoms with E-state index in [9.17, 15) is 4.79 Å². The fourth-order valence-corrected chi connectivity index (χ4v) is 3.97. The first-order valence-electron chi connectivity index (χ1n) is 9.55. The molecule has 1 saturated heterocycles. The minimum Gasteiger partial charge on any atom is -0.493 e. The molecule has 1 fully saturated rings. The molecule has 1 aromatic heterocycles. The van der Waals surface area contributed by atoms with Gasteiger partial charge in [-0.1, -0.05) is 0 Å². The topological polar surface area (TPSA) is 71.0 Å². The van der Waals surface area contributed by atoms with E-state index in [1.165, 1.54) is 0 Å². The number of aromatic nitrogens is 1. The van der Waals surface area contributed by atoms with E-state index in [1.54, 1.807) is 20.3 Å². The van der Waals surface area contributed by atoms with Crippen molar-refractivity contribution in [3.8, 4) is 22.8 Å². The normalized spacial score (nSPS) is 20.8. The van der Waals surface area contributed by atoms with Crippen molar-refractivity contribution >= 4 is 5.69 Å². The van der Waals surface area contributed by atoms with E-state index in [2.05, 4.69) is 12.2 Å². The van der Waals surface area contributed by atoms with E-state index in [0.29, 0.717) is 37.9 Å². The van der Waals surface area contributed by atoms with E-state index in [1.807, 2.05) is 22.8 Å². The molecule has 7 heteroatoms. The van der Waals surface area contributed by atoms with Crippen LogP contribution in [0.15, 0.2) is 29.1 Å². The number of nitrogens with zero attached hydrogens (tertiary/aromatic N) is 1. The Morgan fingerprint density at radius 1 is 1.14 bits per heavy atom. The first-order chi connectivity index (χ1) is 13.6. The fraction of sp³-hybridized carbons (Fsp3) is 0.476. The molecule has 150 valence electrons. The SMILES string of the molecule is COc1cc2c(cc1OC)-c1cc(NCC3COCCO3)cc(=O)n1C(C)C2. The molecule has 1 aromatic carbocycles. The van der Waals surface area contributed by atoms with E-state index in [0.717, 1.165) is 28.9 Å². The minimum atomic E-state index is -0.0197. The van der Waals surface area contributed by atoms with Crippen LogP contribution in [0, 0.1) is 0 Å². The summed E-state index contributed by atoms with van der Waals surface area (Å²) in [7, 11) is 3.25. The Bertz CT molecular complexity index is 918. The quantitative estimate of drug-likeness (QED) is 0.851. The molecule has 1 N–H and O–H groups in total. The van der Waals surface area contributed by atoms with Crippen LogP contribution in [-0.2, 0) is 15.9 Å². The number of nitrogens with one attached hydrogen (secondary N) is 1. The number of anilines is 1. The van der Waals surface area contributed by atoms with Gasteiger partial charge in [0.15, 0.2) is 11.5 Å². The fourth-order valence-electron chi connectivity index (χ4n) is 3.97. The van der Waals surface area contributed by atoms with Crippen LogP contribution in [0.1, 0.15) is 18.5 Å². The van der Waals surface area contributed by atoms with Gasteiger partial charge in [0.2, 0.25) is 0 Å². The van der Waals surface area contributed by atoms with Crippen molar-refractivity contribution < 1.29 is 18.9 Å². The second-order valence-electron chi connectivity index (χ2n) is 7.20. The molecule has 4 rings (SSSR count). The number of hydrogen-bond donors (Lipinski definition) is 1. The van der Waals surface area contributed by atoms with Gasteiger partial charge in [-0.3, -0.25) is 4.79 Å².